The molecule has 1 atom stereocenters. The molecule has 1 aromatic heterocycles. The Hall–Kier alpha value is -3.37. The monoisotopic (exact) mass is 487 g/mol. The number of likely N-dealkylation sites (tertiary alicyclic amines) is 1. The number of aliphatic hydroxyl groups excluding tert-OH is 1. The Bertz CT molecular complexity index is 1320. The smallest absolute Gasteiger partial charge is 0.417 e. The molecule has 2 fully saturated rings. The Balaban J connectivity index is 1.40. The number of aromatic nitrogens is 1. The van der Waals surface area contributed by atoms with Gasteiger partial charge in [0.05, 0.1) is 18.2 Å². The molecular formula is C25H24F3N3O4. The topological polar surface area (TPSA) is 85.9 Å². The first kappa shape index (κ1) is 23.4. The van der Waals surface area contributed by atoms with Crippen molar-refractivity contribution in [2.24, 2.45) is 0 Å². The quantitative estimate of drug-likeness (QED) is 0.581. The molecular weight excluding hydrogens is 463 g/mol. The number of aromatic amines is 1. The van der Waals surface area contributed by atoms with Crippen molar-refractivity contribution >= 4 is 22.6 Å². The largest absolute Gasteiger partial charge is 0.443 e. The molecule has 2 saturated heterocycles. The number of anilines is 1. The minimum atomic E-state index is -4.56. The summed E-state index contributed by atoms with van der Waals surface area (Å²) in [6.45, 7) is 2.35. The Morgan fingerprint density at radius 1 is 1.06 bits per heavy atom. The normalized spacial score (nSPS) is 19.9. The highest BCUT2D eigenvalue weighted by Crippen LogP contribution is 2.36. The minimum absolute atomic E-state index is 0.0653. The van der Waals surface area contributed by atoms with Gasteiger partial charge in [-0.2, -0.15) is 13.2 Å². The van der Waals surface area contributed by atoms with Gasteiger partial charge < -0.3 is 14.8 Å². The van der Waals surface area contributed by atoms with Crippen molar-refractivity contribution in [2.45, 2.75) is 31.2 Å². The van der Waals surface area contributed by atoms with Crippen LogP contribution in [0.1, 0.15) is 18.4 Å². The second kappa shape index (κ2) is 9.01. The summed E-state index contributed by atoms with van der Waals surface area (Å²) >= 11 is 0. The molecule has 2 aromatic carbocycles. The molecule has 35 heavy (non-hydrogen) atoms. The van der Waals surface area contributed by atoms with Crippen molar-refractivity contribution in [3.05, 3.63) is 64.4 Å². The number of pyridine rings is 1. The summed E-state index contributed by atoms with van der Waals surface area (Å²) in [5.74, 6) is 0. The van der Waals surface area contributed by atoms with Crippen molar-refractivity contribution in [3.8, 4) is 11.3 Å². The van der Waals surface area contributed by atoms with Gasteiger partial charge in [-0.1, -0.05) is 24.3 Å². The van der Waals surface area contributed by atoms with Gasteiger partial charge in [0, 0.05) is 42.0 Å². The number of nitrogens with zero attached hydrogens (tertiary/aromatic N) is 2. The van der Waals surface area contributed by atoms with Crippen LogP contribution in [-0.4, -0.2) is 59.5 Å². The number of piperidine rings is 1. The van der Waals surface area contributed by atoms with Crippen LogP contribution in [0.3, 0.4) is 0 Å². The number of H-pyrrole nitrogens is 1. The molecule has 2 aliphatic rings. The summed E-state index contributed by atoms with van der Waals surface area (Å²) in [6.07, 6.45) is -4.33. The van der Waals surface area contributed by atoms with Crippen molar-refractivity contribution in [2.75, 3.05) is 31.1 Å². The van der Waals surface area contributed by atoms with E-state index in [0.29, 0.717) is 37.0 Å². The fourth-order valence-electron chi connectivity index (χ4n) is 4.74. The molecule has 3 heterocycles. The van der Waals surface area contributed by atoms with E-state index < -0.39 is 23.4 Å². The van der Waals surface area contributed by atoms with Gasteiger partial charge in [-0.05, 0) is 42.5 Å². The van der Waals surface area contributed by atoms with Gasteiger partial charge in [0.15, 0.2) is 0 Å². The molecule has 10 heteroatoms. The number of alkyl halides is 3. The van der Waals surface area contributed by atoms with E-state index >= 15 is 0 Å². The summed E-state index contributed by atoms with van der Waals surface area (Å²) in [7, 11) is 0. The highest BCUT2D eigenvalue weighted by Gasteiger charge is 2.35. The maximum atomic E-state index is 13.5. The second-order valence-electron chi connectivity index (χ2n) is 8.98. The zero-order valence-corrected chi connectivity index (χ0v) is 18.7. The molecule has 0 saturated carbocycles. The SMILES string of the molecule is O=C1OC(CN2CCC(O)CC2)CN1c1ccc2cc(-c3ccccc3C(F)(F)F)[nH]c(=O)c2c1. The molecule has 184 valence electrons. The van der Waals surface area contributed by atoms with Gasteiger partial charge in [0.25, 0.3) is 5.56 Å². The fraction of sp³-hybridized carbons (Fsp3) is 0.360. The average molecular weight is 487 g/mol. The minimum Gasteiger partial charge on any atom is -0.443 e. The summed E-state index contributed by atoms with van der Waals surface area (Å²) < 4.78 is 45.9. The standard InChI is InChI=1S/C25H24F3N3O4/c26-25(27,28)21-4-2-1-3-19(21)22-11-15-5-6-16(12-20(15)23(33)29-22)31-14-18(35-24(31)34)13-30-9-7-17(32)8-10-30/h1-6,11-12,17-18,32H,7-10,13-14H2,(H,29,33). The maximum absolute atomic E-state index is 13.5. The number of hydrogen-bond donors (Lipinski definition) is 2. The number of aliphatic hydroxyl groups is 1. The number of benzene rings is 2. The second-order valence-corrected chi connectivity index (χ2v) is 8.98. The number of carbonyl (C=O) groups is 1. The van der Waals surface area contributed by atoms with Gasteiger partial charge in [0.1, 0.15) is 6.10 Å². The summed E-state index contributed by atoms with van der Waals surface area (Å²) in [5, 5.41) is 10.4. The number of fused-ring (bicyclic) bond motifs is 1. The van der Waals surface area contributed by atoms with Crippen LogP contribution in [-0.2, 0) is 10.9 Å². The number of rotatable bonds is 4. The van der Waals surface area contributed by atoms with Crippen LogP contribution in [0.5, 0.6) is 0 Å². The van der Waals surface area contributed by atoms with Crippen molar-refractivity contribution < 1.29 is 27.8 Å². The van der Waals surface area contributed by atoms with Crippen LogP contribution < -0.4 is 10.5 Å². The molecule has 7 nitrogen and oxygen atoms in total. The Morgan fingerprint density at radius 2 is 1.80 bits per heavy atom. The van der Waals surface area contributed by atoms with Crippen LogP contribution in [0.25, 0.3) is 22.0 Å². The number of ether oxygens (including phenoxy) is 1. The number of carbonyl (C=O) groups excluding carboxylic acids is 1. The third kappa shape index (κ3) is 4.76. The number of halogens is 3. The van der Waals surface area contributed by atoms with Crippen molar-refractivity contribution in [3.63, 3.8) is 0 Å². The van der Waals surface area contributed by atoms with Gasteiger partial charge in [-0.15, -0.1) is 0 Å². The number of hydrogen-bond acceptors (Lipinski definition) is 5. The molecule has 0 spiro atoms. The summed E-state index contributed by atoms with van der Waals surface area (Å²) in [5.41, 5.74) is -0.948. The number of amides is 1. The van der Waals surface area contributed by atoms with Gasteiger partial charge in [0.2, 0.25) is 0 Å². The van der Waals surface area contributed by atoms with E-state index in [4.69, 9.17) is 4.74 Å². The van der Waals surface area contributed by atoms with Gasteiger partial charge in [-0.25, -0.2) is 4.79 Å². The van der Waals surface area contributed by atoms with Crippen LogP contribution in [0.2, 0.25) is 0 Å². The van der Waals surface area contributed by atoms with E-state index in [0.717, 1.165) is 19.2 Å². The van der Waals surface area contributed by atoms with E-state index in [1.807, 2.05) is 0 Å². The first-order valence-electron chi connectivity index (χ1n) is 11.4. The zero-order valence-electron chi connectivity index (χ0n) is 18.7. The lowest BCUT2D eigenvalue weighted by Crippen LogP contribution is -2.41. The Morgan fingerprint density at radius 3 is 2.54 bits per heavy atom. The predicted octanol–water partition coefficient (Wildman–Crippen LogP) is 4.00. The average Bonchev–Trinajstić information content (AvgIpc) is 3.19. The van der Waals surface area contributed by atoms with Crippen LogP contribution in [0.4, 0.5) is 23.7 Å². The Kier molecular flexibility index (Phi) is 6.02. The predicted molar refractivity (Wildman–Crippen MR) is 124 cm³/mol. The lowest BCUT2D eigenvalue weighted by atomic mass is 10.0. The van der Waals surface area contributed by atoms with Gasteiger partial charge >= 0.3 is 12.3 Å². The molecule has 2 N–H and O–H groups in total. The van der Waals surface area contributed by atoms with Crippen LogP contribution in [0.15, 0.2) is 53.3 Å². The van der Waals surface area contributed by atoms with Crippen molar-refractivity contribution in [1.29, 1.82) is 0 Å². The molecule has 2 aliphatic heterocycles. The van der Waals surface area contributed by atoms with E-state index in [-0.39, 0.29) is 28.9 Å². The number of nitrogens with one attached hydrogen (secondary N) is 1. The lowest BCUT2D eigenvalue weighted by molar-refractivity contribution is -0.137. The third-order valence-electron chi connectivity index (χ3n) is 6.56. The van der Waals surface area contributed by atoms with Crippen LogP contribution in [0, 0.1) is 0 Å². The molecule has 1 amide bonds. The van der Waals surface area contributed by atoms with Gasteiger partial charge in [-0.3, -0.25) is 14.6 Å². The fourth-order valence-corrected chi connectivity index (χ4v) is 4.74. The highest BCUT2D eigenvalue weighted by molar-refractivity contribution is 5.94. The van der Waals surface area contributed by atoms with Crippen molar-refractivity contribution in [1.82, 2.24) is 9.88 Å². The first-order valence-corrected chi connectivity index (χ1v) is 11.4. The molecule has 0 bridgehead atoms. The van der Waals surface area contributed by atoms with E-state index in [9.17, 15) is 27.9 Å². The Labute approximate surface area is 198 Å². The summed E-state index contributed by atoms with van der Waals surface area (Å²) in [4.78, 5) is 31.5. The van der Waals surface area contributed by atoms with Crippen LogP contribution >= 0.6 is 0 Å². The van der Waals surface area contributed by atoms with E-state index in [2.05, 4.69) is 9.88 Å². The number of cyclic esters (lactones) is 1. The van der Waals surface area contributed by atoms with E-state index in [1.165, 1.54) is 29.2 Å². The van der Waals surface area contributed by atoms with E-state index in [1.54, 1.807) is 18.2 Å². The molecule has 3 aromatic rings. The summed E-state index contributed by atoms with van der Waals surface area (Å²) in [6, 6.07) is 11.4. The third-order valence-corrected chi connectivity index (χ3v) is 6.56. The maximum Gasteiger partial charge on any atom is 0.417 e. The molecule has 0 radical (unpaired) electrons. The molecule has 0 aliphatic carbocycles. The first-order chi connectivity index (χ1) is 16.7. The molecule has 1 unspecified atom stereocenters. The zero-order chi connectivity index (χ0) is 24.7. The highest BCUT2D eigenvalue weighted by atomic mass is 19.4. The lowest BCUT2D eigenvalue weighted by Gasteiger charge is -2.30. The molecule has 5 rings (SSSR count).